The molecule has 41 heavy (non-hydrogen) atoms. The minimum atomic E-state index is -0.514. The number of nitro groups is 2. The maximum absolute atomic E-state index is 13.0. The maximum Gasteiger partial charge on any atom is 0.293 e. The van der Waals surface area contributed by atoms with E-state index in [2.05, 4.69) is 10.2 Å². The average Bonchev–Trinajstić information content (AvgIpc) is 3.01. The Bertz CT molecular complexity index is 1320. The number of morpholine rings is 2. The van der Waals surface area contributed by atoms with Gasteiger partial charge in [-0.15, -0.1) is 0 Å². The van der Waals surface area contributed by atoms with E-state index in [1.165, 1.54) is 6.07 Å². The molecule has 0 aromatic heterocycles. The molecular formula is C26H31N7O7S. The minimum absolute atomic E-state index is 0.0661. The second kappa shape index (κ2) is 12.6. The van der Waals surface area contributed by atoms with Crippen molar-refractivity contribution in [3.63, 3.8) is 0 Å². The SMILES string of the molecule is O=C(NC(=S)N1CCN(c2ccc([N+](=O)[O-])c(N3CCOCC3)c2)CC1)c1ccc(N2CCOCC2)c([N+](=O)[O-])c1. The first kappa shape index (κ1) is 28.4. The van der Waals surface area contributed by atoms with E-state index in [-0.39, 0.29) is 27.0 Å². The van der Waals surface area contributed by atoms with Crippen LogP contribution in [0.4, 0.5) is 28.4 Å². The first-order chi connectivity index (χ1) is 19.8. The van der Waals surface area contributed by atoms with Crippen LogP contribution in [0.25, 0.3) is 0 Å². The monoisotopic (exact) mass is 585 g/mol. The van der Waals surface area contributed by atoms with Crippen molar-refractivity contribution in [3.05, 3.63) is 62.2 Å². The van der Waals surface area contributed by atoms with Crippen LogP contribution in [0.2, 0.25) is 0 Å². The smallest absolute Gasteiger partial charge is 0.293 e. The number of thiocarbonyl (C=S) groups is 1. The Morgan fingerprint density at radius 1 is 0.732 bits per heavy atom. The van der Waals surface area contributed by atoms with Crippen LogP contribution in [0.15, 0.2) is 36.4 Å². The molecule has 0 atom stereocenters. The predicted molar refractivity (Wildman–Crippen MR) is 156 cm³/mol. The lowest BCUT2D eigenvalue weighted by Crippen LogP contribution is -2.52. The molecule has 3 saturated heterocycles. The lowest BCUT2D eigenvalue weighted by Gasteiger charge is -2.37. The number of nitrogens with one attached hydrogen (secondary N) is 1. The van der Waals surface area contributed by atoms with E-state index in [9.17, 15) is 25.0 Å². The van der Waals surface area contributed by atoms with Gasteiger partial charge in [0, 0.05) is 75.7 Å². The summed E-state index contributed by atoms with van der Waals surface area (Å²) in [6.45, 7) is 6.51. The summed E-state index contributed by atoms with van der Waals surface area (Å²) < 4.78 is 10.7. The fourth-order valence-corrected chi connectivity index (χ4v) is 5.49. The second-order valence-electron chi connectivity index (χ2n) is 9.82. The van der Waals surface area contributed by atoms with E-state index in [0.717, 1.165) is 5.69 Å². The number of hydrogen-bond donors (Lipinski definition) is 1. The topological polar surface area (TPSA) is 147 Å². The predicted octanol–water partition coefficient (Wildman–Crippen LogP) is 2.01. The van der Waals surface area contributed by atoms with Gasteiger partial charge in [0.15, 0.2) is 5.11 Å². The minimum Gasteiger partial charge on any atom is -0.378 e. The van der Waals surface area contributed by atoms with Crippen LogP contribution >= 0.6 is 12.2 Å². The summed E-state index contributed by atoms with van der Waals surface area (Å²) in [5.74, 6) is -0.514. The molecular weight excluding hydrogens is 554 g/mol. The van der Waals surface area contributed by atoms with Gasteiger partial charge in [-0.3, -0.25) is 30.3 Å². The van der Waals surface area contributed by atoms with E-state index in [0.29, 0.717) is 90.2 Å². The van der Waals surface area contributed by atoms with Crippen molar-refractivity contribution in [2.45, 2.75) is 0 Å². The Morgan fingerprint density at radius 3 is 1.90 bits per heavy atom. The van der Waals surface area contributed by atoms with Gasteiger partial charge in [0.2, 0.25) is 0 Å². The van der Waals surface area contributed by atoms with Gasteiger partial charge >= 0.3 is 0 Å². The molecule has 2 aromatic carbocycles. The maximum atomic E-state index is 13.0. The van der Waals surface area contributed by atoms with Crippen LogP contribution in [0.1, 0.15) is 10.4 Å². The first-order valence-electron chi connectivity index (χ1n) is 13.4. The van der Waals surface area contributed by atoms with Gasteiger partial charge in [-0.1, -0.05) is 0 Å². The fourth-order valence-electron chi connectivity index (χ4n) is 5.22. The summed E-state index contributed by atoms with van der Waals surface area (Å²) in [6.07, 6.45) is 0. The van der Waals surface area contributed by atoms with E-state index >= 15 is 0 Å². The van der Waals surface area contributed by atoms with Gasteiger partial charge in [-0.05, 0) is 36.5 Å². The number of nitro benzene ring substituents is 2. The fraction of sp³-hybridized carbons (Fsp3) is 0.462. The van der Waals surface area contributed by atoms with Crippen LogP contribution < -0.4 is 20.0 Å². The average molecular weight is 586 g/mol. The number of ether oxygens (including phenoxy) is 2. The van der Waals surface area contributed by atoms with Crippen molar-refractivity contribution in [2.75, 3.05) is 93.5 Å². The lowest BCUT2D eigenvalue weighted by molar-refractivity contribution is -0.384. The summed E-state index contributed by atoms with van der Waals surface area (Å²) in [7, 11) is 0. The Kier molecular flexibility index (Phi) is 8.75. The summed E-state index contributed by atoms with van der Waals surface area (Å²) in [5.41, 5.74) is 1.98. The third-order valence-electron chi connectivity index (χ3n) is 7.45. The quantitative estimate of drug-likeness (QED) is 0.300. The molecule has 3 aliphatic heterocycles. The van der Waals surface area contributed by atoms with E-state index in [1.54, 1.807) is 24.3 Å². The number of hydrogen-bond acceptors (Lipinski definition) is 11. The number of piperazine rings is 1. The first-order valence-corrected chi connectivity index (χ1v) is 13.8. The number of anilines is 3. The van der Waals surface area contributed by atoms with E-state index in [1.807, 2.05) is 20.8 Å². The summed E-state index contributed by atoms with van der Waals surface area (Å²) in [5, 5.41) is 26.3. The largest absolute Gasteiger partial charge is 0.378 e. The van der Waals surface area contributed by atoms with Crippen LogP contribution in [-0.4, -0.2) is 105 Å². The molecule has 218 valence electrons. The van der Waals surface area contributed by atoms with Crippen molar-refractivity contribution in [1.29, 1.82) is 0 Å². The lowest BCUT2D eigenvalue weighted by atomic mass is 10.1. The summed E-state index contributed by atoms with van der Waals surface area (Å²) in [6, 6.07) is 9.59. The molecule has 0 aliphatic carbocycles. The summed E-state index contributed by atoms with van der Waals surface area (Å²) >= 11 is 5.50. The number of benzene rings is 2. The van der Waals surface area contributed by atoms with Crippen LogP contribution in [0, 0.1) is 20.2 Å². The molecule has 0 radical (unpaired) electrons. The third-order valence-corrected chi connectivity index (χ3v) is 7.81. The molecule has 0 bridgehead atoms. The van der Waals surface area contributed by atoms with Crippen LogP contribution in [0.5, 0.6) is 0 Å². The highest BCUT2D eigenvalue weighted by atomic mass is 32.1. The Labute approximate surface area is 241 Å². The van der Waals surface area contributed by atoms with Gasteiger partial charge in [0.1, 0.15) is 11.4 Å². The number of rotatable bonds is 6. The van der Waals surface area contributed by atoms with Crippen LogP contribution in [-0.2, 0) is 9.47 Å². The highest BCUT2D eigenvalue weighted by Gasteiger charge is 2.27. The summed E-state index contributed by atoms with van der Waals surface area (Å²) in [4.78, 5) is 43.4. The zero-order chi connectivity index (χ0) is 28.9. The number of carbonyl (C=O) groups excluding carboxylic acids is 1. The number of carbonyl (C=O) groups is 1. The zero-order valence-corrected chi connectivity index (χ0v) is 23.2. The molecule has 1 amide bonds. The van der Waals surface area contributed by atoms with Crippen LogP contribution in [0.3, 0.4) is 0 Å². The Hall–Kier alpha value is -4.08. The normalized spacial score (nSPS) is 17.8. The molecule has 5 rings (SSSR count). The second-order valence-corrected chi connectivity index (χ2v) is 10.2. The molecule has 3 aliphatic rings. The van der Waals surface area contributed by atoms with Crippen molar-refractivity contribution in [3.8, 4) is 0 Å². The van der Waals surface area contributed by atoms with Gasteiger partial charge in [-0.2, -0.15) is 0 Å². The Balaban J connectivity index is 1.21. The van der Waals surface area contributed by atoms with Gasteiger partial charge in [-0.25, -0.2) is 0 Å². The molecule has 0 spiro atoms. The Morgan fingerprint density at radius 2 is 1.32 bits per heavy atom. The molecule has 3 fully saturated rings. The standard InChI is InChI=1S/C26H31N7O7S/c34-25(19-1-3-21(24(17-19)33(37)38)29-9-13-39-14-10-29)27-26(41)31-7-5-28(6-8-31)20-2-4-22(32(35)36)23(18-20)30-11-15-40-16-12-30/h1-4,17-18H,5-16H2,(H,27,34,41). The van der Waals surface area contributed by atoms with E-state index < -0.39 is 10.8 Å². The molecule has 3 heterocycles. The van der Waals surface area contributed by atoms with Crippen molar-refractivity contribution >= 4 is 51.7 Å². The number of amides is 1. The molecule has 0 unspecified atom stereocenters. The highest BCUT2D eigenvalue weighted by molar-refractivity contribution is 7.80. The molecule has 15 heteroatoms. The zero-order valence-electron chi connectivity index (χ0n) is 22.4. The van der Waals surface area contributed by atoms with Gasteiger partial charge in [0.05, 0.1) is 36.3 Å². The number of nitrogens with zero attached hydrogens (tertiary/aromatic N) is 6. The highest BCUT2D eigenvalue weighted by Crippen LogP contribution is 2.34. The van der Waals surface area contributed by atoms with Gasteiger partial charge < -0.3 is 29.1 Å². The third kappa shape index (κ3) is 6.47. The molecule has 14 nitrogen and oxygen atoms in total. The van der Waals surface area contributed by atoms with Crippen molar-refractivity contribution in [1.82, 2.24) is 10.2 Å². The van der Waals surface area contributed by atoms with Gasteiger partial charge in [0.25, 0.3) is 17.3 Å². The van der Waals surface area contributed by atoms with Crippen molar-refractivity contribution < 1.29 is 24.1 Å². The molecule has 1 N–H and O–H groups in total. The molecule has 2 aromatic rings. The van der Waals surface area contributed by atoms with E-state index in [4.69, 9.17) is 21.7 Å². The van der Waals surface area contributed by atoms with Crippen molar-refractivity contribution in [2.24, 2.45) is 0 Å². The molecule has 0 saturated carbocycles.